The summed E-state index contributed by atoms with van der Waals surface area (Å²) in [6.07, 6.45) is -7.96. The lowest BCUT2D eigenvalue weighted by atomic mass is 9.98. The lowest BCUT2D eigenvalue weighted by Gasteiger charge is -2.19. The van der Waals surface area contributed by atoms with Crippen LogP contribution in [0, 0.1) is 5.92 Å². The SMILES string of the molecule is OC1CSCC1CC(O)C(F)(F)F. The Morgan fingerprint density at radius 2 is 2.00 bits per heavy atom. The first kappa shape index (κ1) is 11.1. The fourth-order valence-corrected chi connectivity index (χ4v) is 2.54. The third-order valence-corrected chi connectivity index (χ3v) is 3.31. The summed E-state index contributed by atoms with van der Waals surface area (Å²) >= 11 is 1.41. The molecule has 1 aliphatic heterocycles. The second kappa shape index (κ2) is 4.06. The fraction of sp³-hybridized carbons (Fsp3) is 1.00. The van der Waals surface area contributed by atoms with Crippen LogP contribution in [0.1, 0.15) is 6.42 Å². The largest absolute Gasteiger partial charge is 0.414 e. The molecule has 0 radical (unpaired) electrons. The number of hydrogen-bond acceptors (Lipinski definition) is 3. The van der Waals surface area contributed by atoms with E-state index < -0.39 is 30.7 Å². The van der Waals surface area contributed by atoms with Gasteiger partial charge in [-0.25, -0.2) is 0 Å². The van der Waals surface area contributed by atoms with Crippen molar-refractivity contribution in [3.05, 3.63) is 0 Å². The number of hydrogen-bond donors (Lipinski definition) is 2. The molecule has 0 aromatic carbocycles. The molecule has 78 valence electrons. The van der Waals surface area contributed by atoms with Gasteiger partial charge in [-0.3, -0.25) is 0 Å². The summed E-state index contributed by atoms with van der Waals surface area (Å²) < 4.78 is 35.7. The molecule has 3 unspecified atom stereocenters. The summed E-state index contributed by atoms with van der Waals surface area (Å²) in [4.78, 5) is 0. The van der Waals surface area contributed by atoms with Gasteiger partial charge in [0.2, 0.25) is 0 Å². The molecule has 0 bridgehead atoms. The van der Waals surface area contributed by atoms with Crippen molar-refractivity contribution in [3.8, 4) is 0 Å². The predicted molar refractivity (Wildman–Crippen MR) is 43.5 cm³/mol. The monoisotopic (exact) mass is 216 g/mol. The first-order valence-electron chi connectivity index (χ1n) is 3.92. The summed E-state index contributed by atoms with van der Waals surface area (Å²) in [6.45, 7) is 0. The number of thioether (sulfide) groups is 1. The number of aliphatic hydroxyl groups is 2. The van der Waals surface area contributed by atoms with Crippen LogP contribution in [-0.2, 0) is 0 Å². The molecule has 0 amide bonds. The molecule has 0 aromatic rings. The Morgan fingerprint density at radius 3 is 2.38 bits per heavy atom. The Labute approximate surface area is 78.1 Å². The van der Waals surface area contributed by atoms with Gasteiger partial charge in [-0.15, -0.1) is 0 Å². The van der Waals surface area contributed by atoms with Crippen molar-refractivity contribution in [1.29, 1.82) is 0 Å². The Morgan fingerprint density at radius 1 is 1.38 bits per heavy atom. The Hall–Kier alpha value is 0.0600. The molecule has 13 heavy (non-hydrogen) atoms. The normalized spacial score (nSPS) is 32.1. The Bertz CT molecular complexity index is 174. The van der Waals surface area contributed by atoms with E-state index in [1.54, 1.807) is 0 Å². The van der Waals surface area contributed by atoms with E-state index in [9.17, 15) is 18.3 Å². The van der Waals surface area contributed by atoms with Gasteiger partial charge in [0.25, 0.3) is 0 Å². The van der Waals surface area contributed by atoms with E-state index in [0.717, 1.165) is 0 Å². The maximum Gasteiger partial charge on any atom is 0.414 e. The van der Waals surface area contributed by atoms with Crippen LogP contribution >= 0.6 is 11.8 Å². The third kappa shape index (κ3) is 3.03. The van der Waals surface area contributed by atoms with Gasteiger partial charge in [0, 0.05) is 5.75 Å². The summed E-state index contributed by atoms with van der Waals surface area (Å²) in [5.41, 5.74) is 0. The Balaban J connectivity index is 2.40. The van der Waals surface area contributed by atoms with Crippen molar-refractivity contribution in [3.63, 3.8) is 0 Å². The van der Waals surface area contributed by atoms with Crippen LogP contribution in [0.25, 0.3) is 0 Å². The van der Waals surface area contributed by atoms with Crippen LogP contribution in [0.4, 0.5) is 13.2 Å². The average Bonchev–Trinajstić information content (AvgIpc) is 2.34. The number of rotatable bonds is 2. The van der Waals surface area contributed by atoms with E-state index in [2.05, 4.69) is 0 Å². The fourth-order valence-electron chi connectivity index (χ4n) is 1.23. The molecule has 0 aromatic heterocycles. The molecule has 1 aliphatic rings. The molecule has 0 aliphatic carbocycles. The molecule has 1 saturated heterocycles. The molecule has 0 spiro atoms. The summed E-state index contributed by atoms with van der Waals surface area (Å²) in [6, 6.07) is 0. The molecule has 3 atom stereocenters. The van der Waals surface area contributed by atoms with E-state index in [1.165, 1.54) is 11.8 Å². The van der Waals surface area contributed by atoms with Crippen LogP contribution in [0.5, 0.6) is 0 Å². The summed E-state index contributed by atoms with van der Waals surface area (Å²) in [5, 5.41) is 17.9. The summed E-state index contributed by atoms with van der Waals surface area (Å²) in [5.74, 6) is 0.533. The molecule has 1 rings (SSSR count). The predicted octanol–water partition coefficient (Wildman–Crippen LogP) is 1.02. The highest BCUT2D eigenvalue weighted by Gasteiger charge is 2.41. The van der Waals surface area contributed by atoms with Crippen molar-refractivity contribution in [2.24, 2.45) is 5.92 Å². The maximum absolute atomic E-state index is 11.9. The van der Waals surface area contributed by atoms with E-state index in [4.69, 9.17) is 5.11 Å². The topological polar surface area (TPSA) is 40.5 Å². The molecular weight excluding hydrogens is 205 g/mol. The van der Waals surface area contributed by atoms with Gasteiger partial charge in [0.15, 0.2) is 0 Å². The standard InChI is InChI=1S/C7H11F3O2S/c8-7(9,10)6(12)1-4-2-13-3-5(4)11/h4-6,11-12H,1-3H2. The summed E-state index contributed by atoms with van der Waals surface area (Å²) in [7, 11) is 0. The van der Waals surface area contributed by atoms with E-state index >= 15 is 0 Å². The zero-order valence-electron chi connectivity index (χ0n) is 6.79. The van der Waals surface area contributed by atoms with Crippen LogP contribution in [0.15, 0.2) is 0 Å². The highest BCUT2D eigenvalue weighted by molar-refractivity contribution is 7.99. The van der Waals surface area contributed by atoms with Gasteiger partial charge in [-0.1, -0.05) is 0 Å². The number of halogens is 3. The molecule has 1 heterocycles. The molecule has 1 fully saturated rings. The highest BCUT2D eigenvalue weighted by Crippen LogP contribution is 2.32. The Kier molecular flexibility index (Phi) is 3.48. The lowest BCUT2D eigenvalue weighted by Crippen LogP contribution is -2.33. The second-order valence-corrected chi connectivity index (χ2v) is 4.23. The number of aliphatic hydroxyl groups excluding tert-OH is 2. The smallest absolute Gasteiger partial charge is 0.392 e. The minimum absolute atomic E-state index is 0.391. The lowest BCUT2D eigenvalue weighted by molar-refractivity contribution is -0.209. The molecule has 2 nitrogen and oxygen atoms in total. The van der Waals surface area contributed by atoms with Crippen molar-refractivity contribution in [1.82, 2.24) is 0 Å². The molecule has 2 N–H and O–H groups in total. The van der Waals surface area contributed by atoms with Gasteiger partial charge in [-0.2, -0.15) is 24.9 Å². The molecular formula is C7H11F3O2S. The van der Waals surface area contributed by atoms with Gasteiger partial charge in [0.1, 0.15) is 6.10 Å². The van der Waals surface area contributed by atoms with Gasteiger partial charge >= 0.3 is 6.18 Å². The van der Waals surface area contributed by atoms with Gasteiger partial charge in [-0.05, 0) is 18.1 Å². The quantitative estimate of drug-likeness (QED) is 0.724. The molecule has 0 saturated carbocycles. The highest BCUT2D eigenvalue weighted by atomic mass is 32.2. The molecule has 6 heteroatoms. The maximum atomic E-state index is 11.9. The first-order valence-corrected chi connectivity index (χ1v) is 5.07. The van der Waals surface area contributed by atoms with Crippen LogP contribution in [-0.4, -0.2) is 40.1 Å². The van der Waals surface area contributed by atoms with Crippen molar-refractivity contribution < 1.29 is 23.4 Å². The van der Waals surface area contributed by atoms with Crippen molar-refractivity contribution in [2.75, 3.05) is 11.5 Å². The van der Waals surface area contributed by atoms with Gasteiger partial charge in [0.05, 0.1) is 6.10 Å². The second-order valence-electron chi connectivity index (χ2n) is 3.16. The minimum Gasteiger partial charge on any atom is -0.392 e. The van der Waals surface area contributed by atoms with Crippen LogP contribution < -0.4 is 0 Å². The van der Waals surface area contributed by atoms with Crippen LogP contribution in [0.3, 0.4) is 0 Å². The minimum atomic E-state index is -4.56. The zero-order valence-corrected chi connectivity index (χ0v) is 7.61. The third-order valence-electron chi connectivity index (χ3n) is 2.07. The van der Waals surface area contributed by atoms with Gasteiger partial charge < -0.3 is 10.2 Å². The number of alkyl halides is 3. The zero-order chi connectivity index (χ0) is 10.1. The van der Waals surface area contributed by atoms with E-state index in [-0.39, 0.29) is 0 Å². The first-order chi connectivity index (χ1) is 5.91. The van der Waals surface area contributed by atoms with Crippen molar-refractivity contribution in [2.45, 2.75) is 24.8 Å². The van der Waals surface area contributed by atoms with Crippen LogP contribution in [0.2, 0.25) is 0 Å². The average molecular weight is 216 g/mol. The van der Waals surface area contributed by atoms with Crippen molar-refractivity contribution >= 4 is 11.8 Å². The van der Waals surface area contributed by atoms with E-state index in [1.807, 2.05) is 0 Å². The van der Waals surface area contributed by atoms with E-state index in [0.29, 0.717) is 11.5 Å².